The normalized spacial score (nSPS) is 10.4. The molecule has 0 spiro atoms. The molecule has 0 amide bonds. The molecule has 4 heteroatoms. The van der Waals surface area contributed by atoms with Crippen molar-refractivity contribution in [2.45, 2.75) is 6.42 Å². The van der Waals surface area contributed by atoms with Crippen molar-refractivity contribution in [2.75, 3.05) is 0 Å². The molecule has 0 aliphatic rings. The Morgan fingerprint density at radius 3 is 2.79 bits per heavy atom. The van der Waals surface area contributed by atoms with Crippen molar-refractivity contribution in [3.05, 3.63) is 49.3 Å². The molecule has 1 N–H and O–H groups in total. The monoisotopic (exact) mass is 285 g/mol. The number of hydrogen-bond acceptors (Lipinski definition) is 2. The summed E-state index contributed by atoms with van der Waals surface area (Å²) in [5.41, 5.74) is 1.29. The summed E-state index contributed by atoms with van der Waals surface area (Å²) in [6.07, 6.45) is 2.91. The number of halogens is 1. The first kappa shape index (κ1) is 10.1. The van der Waals surface area contributed by atoms with Crippen LogP contribution >= 0.6 is 39.5 Å². The molecule has 2 aromatic rings. The zero-order valence-corrected chi connectivity index (χ0v) is 10.5. The Morgan fingerprint density at radius 1 is 1.36 bits per heavy atom. The van der Waals surface area contributed by atoms with Crippen LogP contribution in [0.15, 0.2) is 34.9 Å². The molecule has 0 unspecified atom stereocenters. The maximum absolute atomic E-state index is 5.03. The summed E-state index contributed by atoms with van der Waals surface area (Å²) in [4.78, 5) is 4.29. The number of aromatic nitrogens is 1. The Kier molecular flexibility index (Phi) is 3.15. The fourth-order valence-electron chi connectivity index (χ4n) is 1.23. The minimum atomic E-state index is 0.840. The van der Waals surface area contributed by atoms with Crippen molar-refractivity contribution < 1.29 is 0 Å². The van der Waals surface area contributed by atoms with Gasteiger partial charge in [-0.15, -0.1) is 11.3 Å². The zero-order valence-electron chi connectivity index (χ0n) is 7.29. The van der Waals surface area contributed by atoms with Gasteiger partial charge in [-0.05, 0) is 23.8 Å². The first-order valence-electron chi connectivity index (χ1n) is 4.16. The van der Waals surface area contributed by atoms with Crippen LogP contribution < -0.4 is 0 Å². The summed E-state index contributed by atoms with van der Waals surface area (Å²) in [5, 5.41) is 0. The van der Waals surface area contributed by atoms with E-state index in [0.29, 0.717) is 0 Å². The molecule has 0 aliphatic heterocycles. The molecule has 1 nitrogen and oxygen atoms in total. The summed E-state index contributed by atoms with van der Waals surface area (Å²) in [6, 6.07) is 8.24. The van der Waals surface area contributed by atoms with Crippen LogP contribution in [0, 0.1) is 3.95 Å². The number of benzene rings is 1. The minimum absolute atomic E-state index is 0.840. The van der Waals surface area contributed by atoms with E-state index in [0.717, 1.165) is 14.8 Å². The Hall–Kier alpha value is -0.450. The van der Waals surface area contributed by atoms with Crippen molar-refractivity contribution in [2.24, 2.45) is 0 Å². The van der Waals surface area contributed by atoms with Gasteiger partial charge >= 0.3 is 0 Å². The molecule has 0 aliphatic carbocycles. The van der Waals surface area contributed by atoms with Crippen LogP contribution in [-0.4, -0.2) is 4.98 Å². The smallest absolute Gasteiger partial charge is 0.158 e. The lowest BCUT2D eigenvalue weighted by atomic mass is 10.1. The summed E-state index contributed by atoms with van der Waals surface area (Å²) in [5.74, 6) is 0. The fourth-order valence-corrected chi connectivity index (χ4v) is 2.74. The first-order valence-corrected chi connectivity index (χ1v) is 6.18. The predicted octanol–water partition coefficient (Wildman–Crippen LogP) is 4.16. The second-order valence-corrected chi connectivity index (χ2v) is 5.57. The molecule has 0 fully saturated rings. The second kappa shape index (κ2) is 4.38. The van der Waals surface area contributed by atoms with Gasteiger partial charge in [-0.1, -0.05) is 34.1 Å². The van der Waals surface area contributed by atoms with Gasteiger partial charge in [0.1, 0.15) is 0 Å². The van der Waals surface area contributed by atoms with E-state index in [1.165, 1.54) is 10.4 Å². The lowest BCUT2D eigenvalue weighted by molar-refractivity contribution is 1.20. The van der Waals surface area contributed by atoms with Gasteiger partial charge in [0, 0.05) is 22.0 Å². The molecule has 0 bridgehead atoms. The highest BCUT2D eigenvalue weighted by atomic mass is 79.9. The maximum Gasteiger partial charge on any atom is 0.158 e. The lowest BCUT2D eigenvalue weighted by Crippen LogP contribution is -1.85. The van der Waals surface area contributed by atoms with E-state index in [2.05, 4.69) is 33.0 Å². The second-order valence-electron chi connectivity index (χ2n) is 2.91. The third-order valence-electron chi connectivity index (χ3n) is 1.90. The topological polar surface area (TPSA) is 15.8 Å². The SMILES string of the molecule is S=c1[nH]cc(Cc2ccccc2Br)s1. The number of nitrogens with one attached hydrogen (secondary N) is 1. The Bertz CT molecular complexity index is 487. The molecular formula is C10H8BrNS2. The molecule has 0 atom stereocenters. The van der Waals surface area contributed by atoms with Crippen LogP contribution in [0.2, 0.25) is 0 Å². The number of rotatable bonds is 2. The standard InChI is InChI=1S/C10H8BrNS2/c11-9-4-2-1-3-7(9)5-8-6-12-10(13)14-8/h1-4,6H,5H2,(H,12,13). The van der Waals surface area contributed by atoms with Gasteiger partial charge in [-0.3, -0.25) is 0 Å². The van der Waals surface area contributed by atoms with Gasteiger partial charge in [0.2, 0.25) is 0 Å². The summed E-state index contributed by atoms with van der Waals surface area (Å²) in [7, 11) is 0. The van der Waals surface area contributed by atoms with E-state index in [9.17, 15) is 0 Å². The highest BCUT2D eigenvalue weighted by Crippen LogP contribution is 2.21. The van der Waals surface area contributed by atoms with E-state index in [1.54, 1.807) is 11.3 Å². The molecule has 0 saturated carbocycles. The molecule has 0 radical (unpaired) electrons. The Morgan fingerprint density at radius 2 is 2.14 bits per heavy atom. The van der Waals surface area contributed by atoms with Gasteiger partial charge in [-0.2, -0.15) is 0 Å². The summed E-state index contributed by atoms with van der Waals surface area (Å²) >= 11 is 10.2. The molecule has 1 aromatic heterocycles. The van der Waals surface area contributed by atoms with Gasteiger partial charge in [0.15, 0.2) is 3.95 Å². The van der Waals surface area contributed by atoms with E-state index in [1.807, 2.05) is 18.3 Å². The number of aromatic amines is 1. The van der Waals surface area contributed by atoms with Gasteiger partial charge in [0.05, 0.1) is 0 Å². The third kappa shape index (κ3) is 2.32. The van der Waals surface area contributed by atoms with Crippen LogP contribution in [0.1, 0.15) is 10.4 Å². The molecule has 72 valence electrons. The van der Waals surface area contributed by atoms with E-state index >= 15 is 0 Å². The van der Waals surface area contributed by atoms with Gasteiger partial charge in [0.25, 0.3) is 0 Å². The summed E-state index contributed by atoms with van der Waals surface area (Å²) < 4.78 is 1.99. The largest absolute Gasteiger partial charge is 0.343 e. The first-order chi connectivity index (χ1) is 6.75. The maximum atomic E-state index is 5.03. The molecule has 14 heavy (non-hydrogen) atoms. The van der Waals surface area contributed by atoms with Crippen molar-refractivity contribution in [1.82, 2.24) is 4.98 Å². The number of thiazole rings is 1. The molecular weight excluding hydrogens is 278 g/mol. The summed E-state index contributed by atoms with van der Waals surface area (Å²) in [6.45, 7) is 0. The zero-order chi connectivity index (χ0) is 9.97. The van der Waals surface area contributed by atoms with Crippen LogP contribution in [0.25, 0.3) is 0 Å². The van der Waals surface area contributed by atoms with Crippen molar-refractivity contribution in [1.29, 1.82) is 0 Å². The van der Waals surface area contributed by atoms with E-state index < -0.39 is 0 Å². The van der Waals surface area contributed by atoms with Crippen molar-refractivity contribution in [3.63, 3.8) is 0 Å². The third-order valence-corrected chi connectivity index (χ3v) is 3.87. The Balaban J connectivity index is 2.27. The van der Waals surface area contributed by atoms with Crippen LogP contribution in [0.4, 0.5) is 0 Å². The highest BCUT2D eigenvalue weighted by Gasteiger charge is 2.01. The molecule has 1 aromatic carbocycles. The quantitative estimate of drug-likeness (QED) is 0.820. The lowest BCUT2D eigenvalue weighted by Gasteiger charge is -2.00. The fraction of sp³-hybridized carbons (Fsp3) is 0.100. The average Bonchev–Trinajstić information content (AvgIpc) is 2.56. The Labute approximate surface area is 99.9 Å². The predicted molar refractivity (Wildman–Crippen MR) is 66.5 cm³/mol. The molecule has 2 rings (SSSR count). The van der Waals surface area contributed by atoms with E-state index in [4.69, 9.17) is 12.2 Å². The van der Waals surface area contributed by atoms with Crippen LogP contribution in [-0.2, 0) is 6.42 Å². The van der Waals surface area contributed by atoms with Crippen molar-refractivity contribution >= 4 is 39.5 Å². The van der Waals surface area contributed by atoms with Gasteiger partial charge in [-0.25, -0.2) is 0 Å². The van der Waals surface area contributed by atoms with Crippen LogP contribution in [0.5, 0.6) is 0 Å². The molecule has 1 heterocycles. The van der Waals surface area contributed by atoms with Crippen LogP contribution in [0.3, 0.4) is 0 Å². The van der Waals surface area contributed by atoms with E-state index in [-0.39, 0.29) is 0 Å². The highest BCUT2D eigenvalue weighted by molar-refractivity contribution is 9.10. The van der Waals surface area contributed by atoms with Crippen molar-refractivity contribution in [3.8, 4) is 0 Å². The molecule has 0 saturated heterocycles. The number of hydrogen-bond donors (Lipinski definition) is 1. The minimum Gasteiger partial charge on any atom is -0.343 e. The average molecular weight is 286 g/mol. The number of H-pyrrole nitrogens is 1. The van der Waals surface area contributed by atoms with Gasteiger partial charge < -0.3 is 4.98 Å².